The number of carbonyl (C=O) groups is 2. The SMILES string of the molecule is CCC(NC(=O)c1cc(C(=O)NC(C)c2ncccn2)n2c1COCC2)c1ccccc1. The molecule has 8 nitrogen and oxygen atoms in total. The van der Waals surface area contributed by atoms with Crippen LogP contribution in [0.5, 0.6) is 0 Å². The van der Waals surface area contributed by atoms with Crippen LogP contribution in [0.1, 0.15) is 70.3 Å². The predicted octanol–water partition coefficient (Wildman–Crippen LogP) is 3.18. The number of nitrogens with zero attached hydrogens (tertiary/aromatic N) is 3. The van der Waals surface area contributed by atoms with Crippen molar-refractivity contribution in [2.24, 2.45) is 0 Å². The molecule has 4 rings (SSSR count). The first-order chi connectivity index (χ1) is 15.6. The van der Waals surface area contributed by atoms with Gasteiger partial charge in [0.25, 0.3) is 11.8 Å². The standard InChI is InChI=1S/C24H27N5O3/c1-3-19(17-8-5-4-6-9-17)28-23(30)18-14-20(29-12-13-32-15-21(18)29)24(31)27-16(2)22-25-10-7-11-26-22/h4-11,14,16,19H,3,12-13,15H2,1-2H3,(H,27,31)(H,28,30). The third-order valence-corrected chi connectivity index (χ3v) is 5.62. The summed E-state index contributed by atoms with van der Waals surface area (Å²) in [6.07, 6.45) is 4.03. The van der Waals surface area contributed by atoms with Crippen LogP contribution in [0.25, 0.3) is 0 Å². The minimum absolute atomic E-state index is 0.115. The number of hydrogen-bond donors (Lipinski definition) is 2. The number of ether oxygens (including phenoxy) is 1. The molecule has 2 amide bonds. The number of hydrogen-bond acceptors (Lipinski definition) is 5. The molecule has 0 spiro atoms. The molecule has 2 atom stereocenters. The number of aromatic nitrogens is 3. The summed E-state index contributed by atoms with van der Waals surface area (Å²) in [5.41, 5.74) is 2.66. The van der Waals surface area contributed by atoms with Crippen molar-refractivity contribution in [3.05, 3.63) is 83.2 Å². The van der Waals surface area contributed by atoms with E-state index in [2.05, 4.69) is 20.6 Å². The molecule has 0 radical (unpaired) electrons. The molecule has 0 fully saturated rings. The Morgan fingerprint density at radius 3 is 2.56 bits per heavy atom. The predicted molar refractivity (Wildman–Crippen MR) is 119 cm³/mol. The second-order valence-corrected chi connectivity index (χ2v) is 7.74. The monoisotopic (exact) mass is 433 g/mol. The first-order valence-corrected chi connectivity index (χ1v) is 10.8. The van der Waals surface area contributed by atoms with Gasteiger partial charge in [-0.05, 0) is 31.0 Å². The molecule has 1 aliphatic rings. The third kappa shape index (κ3) is 4.55. The fourth-order valence-corrected chi connectivity index (χ4v) is 3.92. The van der Waals surface area contributed by atoms with Gasteiger partial charge in [0.15, 0.2) is 0 Å². The summed E-state index contributed by atoms with van der Waals surface area (Å²) >= 11 is 0. The summed E-state index contributed by atoms with van der Waals surface area (Å²) in [4.78, 5) is 34.7. The van der Waals surface area contributed by atoms with Gasteiger partial charge in [0.05, 0.1) is 36.6 Å². The van der Waals surface area contributed by atoms with E-state index in [-0.39, 0.29) is 30.5 Å². The van der Waals surface area contributed by atoms with E-state index in [1.165, 1.54) is 0 Å². The van der Waals surface area contributed by atoms with Gasteiger partial charge < -0.3 is 19.9 Å². The summed E-state index contributed by atoms with van der Waals surface area (Å²) in [6.45, 7) is 5.15. The van der Waals surface area contributed by atoms with Crippen LogP contribution in [-0.2, 0) is 17.9 Å². The number of amides is 2. The normalized spacial score (nSPS) is 14.8. The van der Waals surface area contributed by atoms with Crippen LogP contribution in [0.4, 0.5) is 0 Å². The van der Waals surface area contributed by atoms with Gasteiger partial charge in [-0.3, -0.25) is 9.59 Å². The molecule has 166 valence electrons. The van der Waals surface area contributed by atoms with Crippen LogP contribution in [0.2, 0.25) is 0 Å². The Balaban J connectivity index is 1.57. The second kappa shape index (κ2) is 9.74. The van der Waals surface area contributed by atoms with Crippen molar-refractivity contribution < 1.29 is 14.3 Å². The van der Waals surface area contributed by atoms with Crippen LogP contribution < -0.4 is 10.6 Å². The smallest absolute Gasteiger partial charge is 0.268 e. The molecule has 0 saturated carbocycles. The van der Waals surface area contributed by atoms with E-state index in [9.17, 15) is 9.59 Å². The quantitative estimate of drug-likeness (QED) is 0.596. The molecule has 3 aromatic rings. The van der Waals surface area contributed by atoms with Crippen molar-refractivity contribution >= 4 is 11.8 Å². The Morgan fingerprint density at radius 1 is 1.09 bits per heavy atom. The van der Waals surface area contributed by atoms with Crippen LogP contribution in [0.3, 0.4) is 0 Å². The molecule has 2 aromatic heterocycles. The summed E-state index contributed by atoms with van der Waals surface area (Å²) in [5.74, 6) is 0.0388. The molecule has 0 aliphatic carbocycles. The van der Waals surface area contributed by atoms with Crippen molar-refractivity contribution in [3.8, 4) is 0 Å². The van der Waals surface area contributed by atoms with Gasteiger partial charge in [0.2, 0.25) is 0 Å². The van der Waals surface area contributed by atoms with Gasteiger partial charge in [0.1, 0.15) is 11.5 Å². The van der Waals surface area contributed by atoms with Gasteiger partial charge in [-0.2, -0.15) is 0 Å². The highest BCUT2D eigenvalue weighted by Crippen LogP contribution is 2.24. The number of benzene rings is 1. The molecule has 3 heterocycles. The maximum Gasteiger partial charge on any atom is 0.268 e. The van der Waals surface area contributed by atoms with Crippen molar-refractivity contribution in [3.63, 3.8) is 0 Å². The summed E-state index contributed by atoms with van der Waals surface area (Å²) in [7, 11) is 0. The lowest BCUT2D eigenvalue weighted by molar-refractivity contribution is 0.0774. The summed E-state index contributed by atoms with van der Waals surface area (Å²) in [5, 5.41) is 6.04. The molecule has 2 unspecified atom stereocenters. The van der Waals surface area contributed by atoms with E-state index in [1.807, 2.05) is 48.7 Å². The molecule has 32 heavy (non-hydrogen) atoms. The topological polar surface area (TPSA) is 98.1 Å². The molecular formula is C24H27N5O3. The zero-order valence-electron chi connectivity index (χ0n) is 18.2. The van der Waals surface area contributed by atoms with Gasteiger partial charge in [-0.15, -0.1) is 0 Å². The number of rotatable bonds is 7. The van der Waals surface area contributed by atoms with Gasteiger partial charge >= 0.3 is 0 Å². The lowest BCUT2D eigenvalue weighted by Gasteiger charge is -2.21. The minimum atomic E-state index is -0.366. The average molecular weight is 434 g/mol. The highest BCUT2D eigenvalue weighted by Gasteiger charge is 2.28. The second-order valence-electron chi connectivity index (χ2n) is 7.74. The number of fused-ring (bicyclic) bond motifs is 1. The number of carbonyl (C=O) groups excluding carboxylic acids is 2. The van der Waals surface area contributed by atoms with E-state index in [4.69, 9.17) is 4.74 Å². The lowest BCUT2D eigenvalue weighted by Crippen LogP contribution is -2.31. The van der Waals surface area contributed by atoms with E-state index < -0.39 is 0 Å². The van der Waals surface area contributed by atoms with Crippen LogP contribution in [0, 0.1) is 0 Å². The highest BCUT2D eigenvalue weighted by atomic mass is 16.5. The largest absolute Gasteiger partial charge is 0.373 e. The van der Waals surface area contributed by atoms with Crippen LogP contribution in [-0.4, -0.2) is 33.0 Å². The Kier molecular flexibility index (Phi) is 6.61. The first-order valence-electron chi connectivity index (χ1n) is 10.8. The fourth-order valence-electron chi connectivity index (χ4n) is 3.92. The molecule has 0 saturated heterocycles. The molecule has 2 N–H and O–H groups in total. The molecule has 8 heteroatoms. The van der Waals surface area contributed by atoms with Gasteiger partial charge in [0, 0.05) is 18.9 Å². The van der Waals surface area contributed by atoms with Crippen molar-refractivity contribution in [2.75, 3.05) is 6.61 Å². The maximum atomic E-state index is 13.2. The summed E-state index contributed by atoms with van der Waals surface area (Å²) in [6, 6.07) is 12.8. The molecular weight excluding hydrogens is 406 g/mol. The highest BCUT2D eigenvalue weighted by molar-refractivity contribution is 6.01. The van der Waals surface area contributed by atoms with Crippen LogP contribution in [0.15, 0.2) is 54.9 Å². The van der Waals surface area contributed by atoms with Crippen molar-refractivity contribution in [1.82, 2.24) is 25.2 Å². The molecule has 1 aliphatic heterocycles. The Morgan fingerprint density at radius 2 is 1.84 bits per heavy atom. The zero-order valence-corrected chi connectivity index (χ0v) is 18.2. The molecule has 0 bridgehead atoms. The maximum absolute atomic E-state index is 13.2. The molecule has 1 aromatic carbocycles. The van der Waals surface area contributed by atoms with Crippen molar-refractivity contribution in [1.29, 1.82) is 0 Å². The Hall–Kier alpha value is -3.52. The van der Waals surface area contributed by atoms with Crippen molar-refractivity contribution in [2.45, 2.75) is 45.5 Å². The number of nitrogens with one attached hydrogen (secondary N) is 2. The van der Waals surface area contributed by atoms with E-state index >= 15 is 0 Å². The first kappa shape index (κ1) is 21.7. The van der Waals surface area contributed by atoms with Crippen LogP contribution >= 0.6 is 0 Å². The lowest BCUT2D eigenvalue weighted by atomic mass is 10.0. The minimum Gasteiger partial charge on any atom is -0.373 e. The Bertz CT molecular complexity index is 1080. The van der Waals surface area contributed by atoms with E-state index in [0.717, 1.165) is 12.0 Å². The third-order valence-electron chi connectivity index (χ3n) is 5.62. The fraction of sp³-hybridized carbons (Fsp3) is 0.333. The summed E-state index contributed by atoms with van der Waals surface area (Å²) < 4.78 is 7.46. The van der Waals surface area contributed by atoms with Gasteiger partial charge in [-0.25, -0.2) is 9.97 Å². The Labute approximate surface area is 187 Å². The average Bonchev–Trinajstić information content (AvgIpc) is 3.23. The van der Waals surface area contributed by atoms with Gasteiger partial charge in [-0.1, -0.05) is 37.3 Å². The van der Waals surface area contributed by atoms with E-state index in [1.54, 1.807) is 24.5 Å². The van der Waals surface area contributed by atoms with E-state index in [0.29, 0.717) is 35.9 Å². The zero-order chi connectivity index (χ0) is 22.5.